The fourth-order valence-electron chi connectivity index (χ4n) is 2.97. The summed E-state index contributed by atoms with van der Waals surface area (Å²) in [5, 5.41) is 3.78. The third-order valence-corrected chi connectivity index (χ3v) is 6.54. The fraction of sp³-hybridized carbons (Fsp3) is 0.684. The van der Waals surface area contributed by atoms with Crippen molar-refractivity contribution in [2.24, 2.45) is 0 Å². The zero-order valence-electron chi connectivity index (χ0n) is 16.6. The second-order valence-corrected chi connectivity index (χ2v) is 13.2. The molecular formula is C19H34ClO2PPd. The third-order valence-electron chi connectivity index (χ3n) is 3.09. The molecule has 0 aliphatic rings. The van der Waals surface area contributed by atoms with Gasteiger partial charge >= 0.3 is 31.9 Å². The van der Waals surface area contributed by atoms with Crippen LogP contribution < -0.4 is 14.8 Å². The summed E-state index contributed by atoms with van der Waals surface area (Å²) in [4.78, 5) is 0. The van der Waals surface area contributed by atoms with E-state index in [1.807, 2.05) is 25.3 Å². The summed E-state index contributed by atoms with van der Waals surface area (Å²) < 4.78 is 11.5. The second kappa shape index (κ2) is 11.0. The molecule has 0 aliphatic heterocycles. The van der Waals surface area contributed by atoms with E-state index in [0.29, 0.717) is 30.2 Å². The Labute approximate surface area is 162 Å². The number of hydrogen-bond acceptors (Lipinski definition) is 2. The normalized spacial score (nSPS) is 12.0. The summed E-state index contributed by atoms with van der Waals surface area (Å²) >= 11 is 0.422. The Morgan fingerprint density at radius 3 is 1.46 bits per heavy atom. The molecule has 1 aromatic rings. The van der Waals surface area contributed by atoms with E-state index in [1.54, 1.807) is 0 Å². The molecular weight excluding hydrogens is 433 g/mol. The SMILES string of the molecule is CCOc1cc(OCC)cc(P(C(C)(C)C)C(C)(C)C)c1.[CH3][Pd][Cl]. The molecule has 0 unspecified atom stereocenters. The van der Waals surface area contributed by atoms with Gasteiger partial charge in [-0.15, -0.1) is 0 Å². The van der Waals surface area contributed by atoms with Gasteiger partial charge in [0.25, 0.3) is 0 Å². The van der Waals surface area contributed by atoms with Crippen molar-refractivity contribution in [2.45, 2.75) is 71.1 Å². The molecule has 144 valence electrons. The van der Waals surface area contributed by atoms with E-state index in [1.165, 1.54) is 5.30 Å². The Kier molecular flexibility index (Phi) is 11.1. The quantitative estimate of drug-likeness (QED) is 0.366. The van der Waals surface area contributed by atoms with Gasteiger partial charge in [0.05, 0.1) is 13.2 Å². The van der Waals surface area contributed by atoms with Crippen LogP contribution in [0.4, 0.5) is 0 Å². The van der Waals surface area contributed by atoms with Crippen LogP contribution in [0.25, 0.3) is 0 Å². The van der Waals surface area contributed by atoms with E-state index >= 15 is 0 Å². The van der Waals surface area contributed by atoms with Crippen LogP contribution in [-0.2, 0) is 17.0 Å². The van der Waals surface area contributed by atoms with Gasteiger partial charge in [0.1, 0.15) is 11.5 Å². The second-order valence-electron chi connectivity index (χ2n) is 7.33. The van der Waals surface area contributed by atoms with E-state index in [4.69, 9.17) is 19.0 Å². The fourth-order valence-corrected chi connectivity index (χ4v) is 7.04. The summed E-state index contributed by atoms with van der Waals surface area (Å²) in [6.07, 6.45) is 0. The topological polar surface area (TPSA) is 18.5 Å². The summed E-state index contributed by atoms with van der Waals surface area (Å²) in [6, 6.07) is 6.40. The van der Waals surface area contributed by atoms with Crippen molar-refractivity contribution in [1.29, 1.82) is 0 Å². The molecule has 0 aromatic heterocycles. The minimum absolute atomic E-state index is 0.238. The molecule has 0 amide bonds. The van der Waals surface area contributed by atoms with Crippen LogP contribution in [0.1, 0.15) is 55.4 Å². The Bertz CT molecular complexity index is 443. The van der Waals surface area contributed by atoms with Gasteiger partial charge in [-0.05, 0) is 41.6 Å². The van der Waals surface area contributed by atoms with Gasteiger partial charge < -0.3 is 9.47 Å². The molecule has 0 atom stereocenters. The Morgan fingerprint density at radius 2 is 1.21 bits per heavy atom. The Morgan fingerprint density at radius 1 is 0.875 bits per heavy atom. The number of rotatable bonds is 5. The molecule has 0 N–H and O–H groups in total. The van der Waals surface area contributed by atoms with E-state index in [0.717, 1.165) is 11.5 Å². The van der Waals surface area contributed by atoms with Crippen LogP contribution in [0, 0.1) is 0 Å². The number of benzene rings is 1. The molecule has 0 bridgehead atoms. The predicted molar refractivity (Wildman–Crippen MR) is 107 cm³/mol. The molecule has 1 rings (SSSR count). The van der Waals surface area contributed by atoms with E-state index in [-0.39, 0.29) is 18.2 Å². The first-order valence-electron chi connectivity index (χ1n) is 8.24. The van der Waals surface area contributed by atoms with Crippen molar-refractivity contribution >= 4 is 22.8 Å². The number of ether oxygens (including phenoxy) is 2. The Hall–Kier alpha value is 0.202. The van der Waals surface area contributed by atoms with Crippen molar-refractivity contribution in [1.82, 2.24) is 0 Å². The number of halogens is 1. The monoisotopic (exact) mass is 466 g/mol. The summed E-state index contributed by atoms with van der Waals surface area (Å²) in [7, 11) is 4.70. The molecule has 0 heterocycles. The average Bonchev–Trinajstić information content (AvgIpc) is 2.36. The van der Waals surface area contributed by atoms with Gasteiger partial charge in [-0.3, -0.25) is 0 Å². The third kappa shape index (κ3) is 8.53. The number of hydrogen-bond donors (Lipinski definition) is 0. The molecule has 5 heteroatoms. The van der Waals surface area contributed by atoms with Crippen LogP contribution in [-0.4, -0.2) is 23.5 Å². The van der Waals surface area contributed by atoms with E-state index in [9.17, 15) is 0 Å². The molecule has 0 saturated heterocycles. The van der Waals surface area contributed by atoms with Gasteiger partial charge in [-0.1, -0.05) is 49.5 Å². The molecule has 24 heavy (non-hydrogen) atoms. The predicted octanol–water partition coefficient (Wildman–Crippen LogP) is 6.46. The first kappa shape index (κ1) is 24.2. The summed E-state index contributed by atoms with van der Waals surface area (Å²) in [5.41, 5.74) is 0. The van der Waals surface area contributed by atoms with Crippen LogP contribution in [0.15, 0.2) is 18.2 Å². The first-order chi connectivity index (χ1) is 11.0. The van der Waals surface area contributed by atoms with Gasteiger partial charge in [-0.2, -0.15) is 0 Å². The standard InChI is InChI=1S/C18H31O2P.CH3.ClH.Pd/c1-9-19-14-11-15(20-10-2)13-16(12-14)21(17(3,4)5)18(6,7)8;;;/h11-13H,9-10H2,1-8H3;1H3;1H;/q;;;+1/p-1. The van der Waals surface area contributed by atoms with Gasteiger partial charge in [0.15, 0.2) is 0 Å². The molecule has 2 nitrogen and oxygen atoms in total. The average molecular weight is 467 g/mol. The first-order valence-corrected chi connectivity index (χ1v) is 13.1. The molecule has 0 aliphatic carbocycles. The molecule has 0 saturated carbocycles. The van der Waals surface area contributed by atoms with Gasteiger partial charge in [0, 0.05) is 6.07 Å². The van der Waals surface area contributed by atoms with Crippen molar-refractivity contribution in [3.05, 3.63) is 18.2 Å². The van der Waals surface area contributed by atoms with E-state index in [2.05, 4.69) is 53.7 Å². The van der Waals surface area contributed by atoms with Crippen LogP contribution in [0.2, 0.25) is 5.40 Å². The summed E-state index contributed by atoms with van der Waals surface area (Å²) in [5.74, 6) is 1.83. The van der Waals surface area contributed by atoms with Crippen molar-refractivity contribution in [2.75, 3.05) is 13.2 Å². The molecule has 0 spiro atoms. The van der Waals surface area contributed by atoms with Gasteiger partial charge in [0.2, 0.25) is 0 Å². The minimum atomic E-state index is -0.352. The van der Waals surface area contributed by atoms with Crippen LogP contribution in [0.5, 0.6) is 11.5 Å². The van der Waals surface area contributed by atoms with Crippen molar-refractivity contribution < 1.29 is 26.4 Å². The maximum absolute atomic E-state index is 5.74. The van der Waals surface area contributed by atoms with Gasteiger partial charge in [-0.25, -0.2) is 0 Å². The van der Waals surface area contributed by atoms with Crippen LogP contribution >= 0.6 is 17.5 Å². The van der Waals surface area contributed by atoms with Crippen molar-refractivity contribution in [3.8, 4) is 11.5 Å². The van der Waals surface area contributed by atoms with Crippen molar-refractivity contribution in [3.63, 3.8) is 0 Å². The molecule has 0 radical (unpaired) electrons. The van der Waals surface area contributed by atoms with Crippen LogP contribution in [0.3, 0.4) is 0 Å². The zero-order valence-corrected chi connectivity index (χ0v) is 19.8. The van der Waals surface area contributed by atoms with E-state index < -0.39 is 0 Å². The zero-order chi connectivity index (χ0) is 19.0. The maximum atomic E-state index is 5.74. The molecule has 1 aromatic carbocycles. The Balaban J connectivity index is 0.00000163. The molecule has 0 fully saturated rings. The summed E-state index contributed by atoms with van der Waals surface area (Å²) in [6.45, 7) is 19.4.